The number of phosphoric ester groups is 2. The number of phosphoric acid groups is 2. The molecule has 3 N–H and O–H groups in total. The summed E-state index contributed by atoms with van der Waals surface area (Å²) >= 11 is 0. The summed E-state index contributed by atoms with van der Waals surface area (Å²) < 4.78 is 68.2. The lowest BCUT2D eigenvalue weighted by atomic mass is 10.0. The van der Waals surface area contributed by atoms with Crippen LogP contribution in [0.4, 0.5) is 0 Å². The first kappa shape index (κ1) is 88.1. The highest BCUT2D eigenvalue weighted by molar-refractivity contribution is 7.47. The zero-order valence-electron chi connectivity index (χ0n) is 58.8. The summed E-state index contributed by atoms with van der Waals surface area (Å²) in [5, 5.41) is 10.6. The van der Waals surface area contributed by atoms with Gasteiger partial charge >= 0.3 is 39.5 Å². The second-order valence-electron chi connectivity index (χ2n) is 27.5. The highest BCUT2D eigenvalue weighted by atomic mass is 31.2. The third kappa shape index (κ3) is 64.8. The summed E-state index contributed by atoms with van der Waals surface area (Å²) in [5.74, 6) is 0.793. The predicted molar refractivity (Wildman–Crippen MR) is 363 cm³/mol. The summed E-state index contributed by atoms with van der Waals surface area (Å²) in [5.41, 5.74) is 0. The average Bonchev–Trinajstić information content (AvgIpc) is 3.70. The van der Waals surface area contributed by atoms with E-state index in [1.807, 2.05) is 0 Å². The number of rotatable bonds is 68. The van der Waals surface area contributed by atoms with Crippen LogP contribution in [0.15, 0.2) is 0 Å². The molecular formula is C71H138O17P2. The lowest BCUT2D eigenvalue weighted by Gasteiger charge is -2.21. The SMILES string of the molecule is CC(C)CCCCCCCCCCCCCCCC(=O)OC[C@H](COP(=O)(O)OC[C@@H](O)COP(=O)(O)OC[C@@H](COC(=O)CCCCCCCCC(C)C)OC(=O)CCCCCCCCCCCCCCCC(C)C)OC(=O)CCCCCCCCC(C)C. The summed E-state index contributed by atoms with van der Waals surface area (Å²) in [7, 11) is -9.90. The fraction of sp³-hybridized carbons (Fsp3) is 0.944. The van der Waals surface area contributed by atoms with E-state index in [2.05, 4.69) is 55.4 Å². The molecule has 0 heterocycles. The molecule has 5 atom stereocenters. The molecule has 0 bridgehead atoms. The highest BCUT2D eigenvalue weighted by Crippen LogP contribution is 2.45. The molecule has 0 saturated heterocycles. The molecule has 0 aliphatic heterocycles. The zero-order valence-corrected chi connectivity index (χ0v) is 60.6. The van der Waals surface area contributed by atoms with Crippen molar-refractivity contribution in [1.29, 1.82) is 0 Å². The lowest BCUT2D eigenvalue weighted by molar-refractivity contribution is -0.161. The number of esters is 4. The summed E-state index contributed by atoms with van der Waals surface area (Å²) in [4.78, 5) is 72.5. The maximum absolute atomic E-state index is 13.0. The molecule has 0 rings (SSSR count). The Morgan fingerprint density at radius 2 is 0.467 bits per heavy atom. The second kappa shape index (κ2) is 60.7. The molecule has 0 fully saturated rings. The molecule has 534 valence electrons. The number of carbonyl (C=O) groups excluding carboxylic acids is 4. The van der Waals surface area contributed by atoms with Crippen molar-refractivity contribution in [3.8, 4) is 0 Å². The van der Waals surface area contributed by atoms with Crippen LogP contribution in [0.1, 0.15) is 351 Å². The van der Waals surface area contributed by atoms with Crippen molar-refractivity contribution in [1.82, 2.24) is 0 Å². The third-order valence-corrected chi connectivity index (χ3v) is 18.2. The standard InChI is InChI=1S/C71H138O17P2/c1-61(2)47-39-31-23-19-15-11-9-13-17-21-25-35-43-51-68(73)81-57-67(88-71(76)54-46-38-30-28-34-42-50-64(7)8)60-86-90(79,80)84-56-65(72)55-83-89(77,78)85-59-66(58-82-69(74)52-44-36-29-27-33-41-49-63(5)6)87-70(75)53-45-37-26-22-18-14-10-12-16-20-24-32-40-48-62(3)4/h61-67,72H,9-60H2,1-8H3,(H,77,78)(H,79,80)/t65-,66+,67+/m0/s1. The smallest absolute Gasteiger partial charge is 0.462 e. The van der Waals surface area contributed by atoms with Gasteiger partial charge in [0.2, 0.25) is 0 Å². The van der Waals surface area contributed by atoms with Gasteiger partial charge in [0.1, 0.15) is 19.3 Å². The number of aliphatic hydroxyl groups is 1. The molecule has 0 aliphatic carbocycles. The number of aliphatic hydroxyl groups excluding tert-OH is 1. The van der Waals surface area contributed by atoms with Gasteiger partial charge in [0, 0.05) is 25.7 Å². The van der Waals surface area contributed by atoms with Crippen LogP contribution in [0, 0.1) is 23.7 Å². The van der Waals surface area contributed by atoms with E-state index < -0.39 is 97.5 Å². The molecule has 0 aromatic rings. The largest absolute Gasteiger partial charge is 0.472 e. The molecule has 0 radical (unpaired) electrons. The molecule has 0 spiro atoms. The Morgan fingerprint density at radius 1 is 0.278 bits per heavy atom. The number of hydrogen-bond acceptors (Lipinski definition) is 15. The van der Waals surface area contributed by atoms with Gasteiger partial charge in [-0.1, -0.05) is 299 Å². The van der Waals surface area contributed by atoms with Crippen molar-refractivity contribution in [2.24, 2.45) is 23.7 Å². The maximum Gasteiger partial charge on any atom is 0.472 e. The maximum atomic E-state index is 13.0. The molecule has 0 aromatic carbocycles. The van der Waals surface area contributed by atoms with Crippen LogP contribution in [-0.2, 0) is 65.4 Å². The third-order valence-electron chi connectivity index (χ3n) is 16.3. The fourth-order valence-corrected chi connectivity index (χ4v) is 12.2. The normalized spacial score (nSPS) is 14.3. The van der Waals surface area contributed by atoms with Crippen LogP contribution in [0.3, 0.4) is 0 Å². The van der Waals surface area contributed by atoms with E-state index in [-0.39, 0.29) is 25.7 Å². The molecule has 0 amide bonds. The van der Waals surface area contributed by atoms with E-state index in [1.165, 1.54) is 148 Å². The first-order valence-corrected chi connectivity index (χ1v) is 39.7. The quantitative estimate of drug-likeness (QED) is 0.0222. The predicted octanol–water partition coefficient (Wildman–Crippen LogP) is 20.1. The molecule has 90 heavy (non-hydrogen) atoms. The molecule has 0 aliphatic rings. The number of ether oxygens (including phenoxy) is 4. The lowest BCUT2D eigenvalue weighted by Crippen LogP contribution is -2.30. The molecule has 2 unspecified atom stereocenters. The number of carbonyl (C=O) groups is 4. The molecule has 19 heteroatoms. The fourth-order valence-electron chi connectivity index (χ4n) is 10.7. The summed E-state index contributed by atoms with van der Waals surface area (Å²) in [6, 6.07) is 0. The minimum absolute atomic E-state index is 0.102. The van der Waals surface area contributed by atoms with Crippen LogP contribution in [0.2, 0.25) is 0 Å². The van der Waals surface area contributed by atoms with Gasteiger partial charge in [0.05, 0.1) is 26.4 Å². The number of hydrogen-bond donors (Lipinski definition) is 3. The Hall–Kier alpha value is -1.94. The minimum atomic E-state index is -4.95. The van der Waals surface area contributed by atoms with Crippen LogP contribution in [0.25, 0.3) is 0 Å². The monoisotopic (exact) mass is 1320 g/mol. The van der Waals surface area contributed by atoms with Crippen molar-refractivity contribution in [2.45, 2.75) is 369 Å². The van der Waals surface area contributed by atoms with Gasteiger partial charge in [0.15, 0.2) is 12.2 Å². The van der Waals surface area contributed by atoms with E-state index >= 15 is 0 Å². The zero-order chi connectivity index (χ0) is 66.8. The van der Waals surface area contributed by atoms with Crippen molar-refractivity contribution in [2.75, 3.05) is 39.6 Å². The van der Waals surface area contributed by atoms with Crippen molar-refractivity contribution in [3.05, 3.63) is 0 Å². The van der Waals surface area contributed by atoms with E-state index in [0.717, 1.165) is 108 Å². The van der Waals surface area contributed by atoms with Crippen LogP contribution in [-0.4, -0.2) is 96.7 Å². The van der Waals surface area contributed by atoms with Crippen molar-refractivity contribution < 1.29 is 80.2 Å². The first-order chi connectivity index (χ1) is 43.1. The first-order valence-electron chi connectivity index (χ1n) is 36.7. The molecule has 0 aromatic heterocycles. The van der Waals surface area contributed by atoms with Crippen LogP contribution < -0.4 is 0 Å². The molecular weight excluding hydrogens is 1190 g/mol. The molecule has 17 nitrogen and oxygen atoms in total. The van der Waals surface area contributed by atoms with E-state index in [4.69, 9.17) is 37.0 Å². The van der Waals surface area contributed by atoms with Gasteiger partial charge in [-0.05, 0) is 49.4 Å². The van der Waals surface area contributed by atoms with Gasteiger partial charge in [-0.15, -0.1) is 0 Å². The van der Waals surface area contributed by atoms with E-state index in [9.17, 15) is 43.2 Å². The Morgan fingerprint density at radius 3 is 0.689 bits per heavy atom. The van der Waals surface area contributed by atoms with E-state index in [0.29, 0.717) is 37.5 Å². The summed E-state index contributed by atoms with van der Waals surface area (Å²) in [6.45, 7) is 14.0. The van der Waals surface area contributed by atoms with Gasteiger partial charge < -0.3 is 33.8 Å². The Balaban J connectivity index is 5.18. The van der Waals surface area contributed by atoms with Crippen molar-refractivity contribution in [3.63, 3.8) is 0 Å². The van der Waals surface area contributed by atoms with Crippen molar-refractivity contribution >= 4 is 39.5 Å². The molecule has 0 saturated carbocycles. The van der Waals surface area contributed by atoms with Gasteiger partial charge in [-0.3, -0.25) is 37.3 Å². The van der Waals surface area contributed by atoms with Gasteiger partial charge in [-0.2, -0.15) is 0 Å². The van der Waals surface area contributed by atoms with Crippen LogP contribution in [0.5, 0.6) is 0 Å². The Labute approximate surface area is 549 Å². The van der Waals surface area contributed by atoms with Gasteiger partial charge in [0.25, 0.3) is 0 Å². The Bertz CT molecular complexity index is 1780. The highest BCUT2D eigenvalue weighted by Gasteiger charge is 2.30. The van der Waals surface area contributed by atoms with Crippen LogP contribution >= 0.6 is 15.6 Å². The topological polar surface area (TPSA) is 237 Å². The minimum Gasteiger partial charge on any atom is -0.462 e. The average molecular weight is 1330 g/mol. The van der Waals surface area contributed by atoms with E-state index in [1.54, 1.807) is 0 Å². The number of unbranched alkanes of at least 4 members (excludes halogenated alkanes) is 34. The Kier molecular flexibility index (Phi) is 59.4. The van der Waals surface area contributed by atoms with Gasteiger partial charge in [-0.25, -0.2) is 9.13 Å². The second-order valence-corrected chi connectivity index (χ2v) is 30.4. The summed E-state index contributed by atoms with van der Waals surface area (Å²) in [6.07, 6.45) is 43.4.